The van der Waals surface area contributed by atoms with Gasteiger partial charge in [-0.15, -0.1) is 0 Å². The first-order valence-electron chi connectivity index (χ1n) is 9.53. The number of fused-ring (bicyclic) bond motifs is 1. The fraction of sp³-hybridized carbons (Fsp3) is 0.217. The van der Waals surface area contributed by atoms with Crippen LogP contribution in [0.2, 0.25) is 5.02 Å². The number of pyridine rings is 1. The summed E-state index contributed by atoms with van der Waals surface area (Å²) >= 11 is 6.36. The van der Waals surface area contributed by atoms with Gasteiger partial charge in [-0.2, -0.15) is 0 Å². The van der Waals surface area contributed by atoms with Crippen molar-refractivity contribution in [3.8, 4) is 11.5 Å². The van der Waals surface area contributed by atoms with E-state index in [0.717, 1.165) is 23.1 Å². The van der Waals surface area contributed by atoms with Crippen LogP contribution in [0.3, 0.4) is 0 Å². The molecule has 1 amide bonds. The number of benzene rings is 2. The molecule has 1 atom stereocenters. The molecule has 0 radical (unpaired) electrons. The van der Waals surface area contributed by atoms with Crippen LogP contribution in [0.1, 0.15) is 29.2 Å². The second kappa shape index (κ2) is 8.97. The third-order valence-electron chi connectivity index (χ3n) is 4.70. The Bertz CT molecular complexity index is 941. The number of rotatable bonds is 5. The summed E-state index contributed by atoms with van der Waals surface area (Å²) in [5, 5.41) is 3.59. The minimum absolute atomic E-state index is 0.110. The Labute approximate surface area is 174 Å². The van der Waals surface area contributed by atoms with Gasteiger partial charge in [0.05, 0.1) is 30.7 Å². The second-order valence-electron chi connectivity index (χ2n) is 6.82. The number of nitrogens with one attached hydrogen (secondary N) is 1. The molecule has 1 unspecified atom stereocenters. The molecule has 148 valence electrons. The Morgan fingerprint density at radius 3 is 2.55 bits per heavy atom. The molecule has 2 aromatic carbocycles. The molecule has 0 saturated carbocycles. The van der Waals surface area contributed by atoms with Gasteiger partial charge in [-0.05, 0) is 41.0 Å². The predicted molar refractivity (Wildman–Crippen MR) is 111 cm³/mol. The van der Waals surface area contributed by atoms with Crippen molar-refractivity contribution in [3.05, 3.63) is 88.7 Å². The van der Waals surface area contributed by atoms with Gasteiger partial charge >= 0.3 is 0 Å². The van der Waals surface area contributed by atoms with Gasteiger partial charge in [0.15, 0.2) is 11.5 Å². The zero-order valence-corrected chi connectivity index (χ0v) is 16.6. The van der Waals surface area contributed by atoms with Crippen LogP contribution in [0.15, 0.2) is 67.0 Å². The molecule has 29 heavy (non-hydrogen) atoms. The van der Waals surface area contributed by atoms with E-state index in [1.807, 2.05) is 48.5 Å². The van der Waals surface area contributed by atoms with Gasteiger partial charge in [0.1, 0.15) is 0 Å². The molecule has 1 aliphatic heterocycles. The average Bonchev–Trinajstić information content (AvgIpc) is 2.99. The van der Waals surface area contributed by atoms with E-state index in [2.05, 4.69) is 10.3 Å². The molecule has 5 nitrogen and oxygen atoms in total. The van der Waals surface area contributed by atoms with Crippen molar-refractivity contribution >= 4 is 17.5 Å². The third-order valence-corrected chi connectivity index (χ3v) is 4.99. The first-order chi connectivity index (χ1) is 14.2. The van der Waals surface area contributed by atoms with E-state index in [4.69, 9.17) is 21.1 Å². The van der Waals surface area contributed by atoms with Gasteiger partial charge < -0.3 is 14.8 Å². The van der Waals surface area contributed by atoms with Crippen molar-refractivity contribution in [1.29, 1.82) is 0 Å². The minimum atomic E-state index is -0.261. The lowest BCUT2D eigenvalue weighted by Gasteiger charge is -2.20. The normalized spacial score (nSPS) is 14.0. The van der Waals surface area contributed by atoms with Gasteiger partial charge in [-0.25, -0.2) is 0 Å². The summed E-state index contributed by atoms with van der Waals surface area (Å²) in [6, 6.07) is 17.0. The van der Waals surface area contributed by atoms with Crippen molar-refractivity contribution in [1.82, 2.24) is 10.3 Å². The molecule has 1 aliphatic rings. The monoisotopic (exact) mass is 408 g/mol. The highest BCUT2D eigenvalue weighted by Gasteiger charge is 2.19. The molecular weight excluding hydrogens is 388 g/mol. The van der Waals surface area contributed by atoms with Gasteiger partial charge in [-0.3, -0.25) is 9.78 Å². The molecule has 4 rings (SSSR count). The number of hydrogen-bond acceptors (Lipinski definition) is 4. The van der Waals surface area contributed by atoms with E-state index in [1.165, 1.54) is 0 Å². The molecule has 0 bridgehead atoms. The summed E-state index contributed by atoms with van der Waals surface area (Å²) < 4.78 is 11.4. The predicted octanol–water partition coefficient (Wildman–Crippen LogP) is 4.34. The summed E-state index contributed by atoms with van der Waals surface area (Å²) in [4.78, 5) is 16.9. The van der Waals surface area contributed by atoms with Crippen LogP contribution in [-0.4, -0.2) is 24.1 Å². The Morgan fingerprint density at radius 1 is 1.03 bits per heavy atom. The summed E-state index contributed by atoms with van der Waals surface area (Å²) in [7, 11) is 0. The van der Waals surface area contributed by atoms with Crippen LogP contribution in [0, 0.1) is 0 Å². The zero-order valence-electron chi connectivity index (χ0n) is 15.8. The fourth-order valence-corrected chi connectivity index (χ4v) is 3.63. The Kier molecular flexibility index (Phi) is 5.96. The number of carbonyl (C=O) groups excluding carboxylic acids is 1. The number of hydrogen-bond donors (Lipinski definition) is 1. The highest BCUT2D eigenvalue weighted by atomic mass is 35.5. The van der Waals surface area contributed by atoms with Gasteiger partial charge in [0.25, 0.3) is 0 Å². The molecule has 0 aliphatic carbocycles. The van der Waals surface area contributed by atoms with Crippen molar-refractivity contribution in [3.63, 3.8) is 0 Å². The molecular formula is C23H21ClN2O3. The van der Waals surface area contributed by atoms with Crippen LogP contribution in [0.25, 0.3) is 0 Å². The quantitative estimate of drug-likeness (QED) is 0.682. The van der Waals surface area contributed by atoms with Crippen LogP contribution < -0.4 is 14.8 Å². The van der Waals surface area contributed by atoms with Crippen LogP contribution >= 0.6 is 11.6 Å². The molecule has 0 saturated heterocycles. The number of aromatic nitrogens is 1. The van der Waals surface area contributed by atoms with Gasteiger partial charge in [-0.1, -0.05) is 41.9 Å². The standard InChI is InChI=1S/C23H21ClN2O3/c24-19-13-16(14-20-23(19)29-12-4-11-28-20)15-21(27)26-22(17-5-2-1-3-6-17)18-7-9-25-10-8-18/h1-3,5-10,13-14,22H,4,11-12,15H2,(H,26,27). The topological polar surface area (TPSA) is 60.5 Å². The molecule has 3 aromatic rings. The Hall–Kier alpha value is -3.05. The third kappa shape index (κ3) is 4.69. The van der Waals surface area contributed by atoms with E-state index >= 15 is 0 Å². The minimum Gasteiger partial charge on any atom is -0.489 e. The maximum absolute atomic E-state index is 12.9. The van der Waals surface area contributed by atoms with E-state index < -0.39 is 0 Å². The highest BCUT2D eigenvalue weighted by molar-refractivity contribution is 6.32. The zero-order chi connectivity index (χ0) is 20.1. The Morgan fingerprint density at radius 2 is 1.76 bits per heavy atom. The maximum atomic E-state index is 12.9. The molecule has 1 aromatic heterocycles. The summed E-state index contributed by atoms with van der Waals surface area (Å²) in [5.41, 5.74) is 2.75. The first-order valence-corrected chi connectivity index (χ1v) is 9.91. The lowest BCUT2D eigenvalue weighted by atomic mass is 9.99. The van der Waals surface area contributed by atoms with Gasteiger partial charge in [0.2, 0.25) is 5.91 Å². The number of carbonyl (C=O) groups is 1. The summed E-state index contributed by atoms with van der Waals surface area (Å²) in [6.45, 7) is 1.13. The number of amides is 1. The number of halogens is 1. The molecule has 1 N–H and O–H groups in total. The van der Waals surface area contributed by atoms with Crippen molar-refractivity contribution in [2.75, 3.05) is 13.2 Å². The van der Waals surface area contributed by atoms with E-state index in [1.54, 1.807) is 18.5 Å². The maximum Gasteiger partial charge on any atom is 0.225 e. The fourth-order valence-electron chi connectivity index (χ4n) is 3.34. The SMILES string of the molecule is O=C(Cc1cc(Cl)c2c(c1)OCCCO2)NC(c1ccccc1)c1ccncc1. The summed E-state index contributed by atoms with van der Waals surface area (Å²) in [5.74, 6) is 1.03. The van der Waals surface area contributed by atoms with E-state index in [-0.39, 0.29) is 18.4 Å². The lowest BCUT2D eigenvalue weighted by Crippen LogP contribution is -2.30. The number of nitrogens with zero attached hydrogens (tertiary/aromatic N) is 1. The van der Waals surface area contributed by atoms with Crippen molar-refractivity contribution in [2.45, 2.75) is 18.9 Å². The largest absolute Gasteiger partial charge is 0.489 e. The Balaban J connectivity index is 1.54. The highest BCUT2D eigenvalue weighted by Crippen LogP contribution is 2.38. The smallest absolute Gasteiger partial charge is 0.225 e. The first kappa shape index (κ1) is 19.3. The van der Waals surface area contributed by atoms with E-state index in [0.29, 0.717) is 29.7 Å². The molecule has 0 spiro atoms. The van der Waals surface area contributed by atoms with Gasteiger partial charge in [0, 0.05) is 18.8 Å². The van der Waals surface area contributed by atoms with Crippen LogP contribution in [0.4, 0.5) is 0 Å². The number of ether oxygens (including phenoxy) is 2. The molecule has 6 heteroatoms. The average molecular weight is 409 g/mol. The lowest BCUT2D eigenvalue weighted by molar-refractivity contribution is -0.120. The molecule has 0 fully saturated rings. The summed E-state index contributed by atoms with van der Waals surface area (Å²) in [6.07, 6.45) is 4.43. The van der Waals surface area contributed by atoms with Crippen molar-refractivity contribution < 1.29 is 14.3 Å². The van der Waals surface area contributed by atoms with Crippen LogP contribution in [0.5, 0.6) is 11.5 Å². The van der Waals surface area contributed by atoms with E-state index in [9.17, 15) is 4.79 Å². The van der Waals surface area contributed by atoms with Crippen LogP contribution in [-0.2, 0) is 11.2 Å². The van der Waals surface area contributed by atoms with Crippen molar-refractivity contribution in [2.24, 2.45) is 0 Å². The second-order valence-corrected chi connectivity index (χ2v) is 7.23. The molecule has 2 heterocycles.